The second kappa shape index (κ2) is 4.21. The van der Waals surface area contributed by atoms with Gasteiger partial charge in [0.05, 0.1) is 5.92 Å². The minimum absolute atomic E-state index is 0.00200. The predicted octanol–water partition coefficient (Wildman–Crippen LogP) is 2.00. The van der Waals surface area contributed by atoms with E-state index in [0.717, 1.165) is 0 Å². The summed E-state index contributed by atoms with van der Waals surface area (Å²) in [5, 5.41) is 12.7. The number of carboxylic acids is 1. The number of nitrogens with zero attached hydrogens (tertiary/aromatic N) is 1. The summed E-state index contributed by atoms with van der Waals surface area (Å²) in [6.45, 7) is 8.52. The fourth-order valence-electron chi connectivity index (χ4n) is 1.73. The quantitative estimate of drug-likeness (QED) is 0.561. The molecular weight excluding hydrogens is 194 g/mol. The molecule has 1 aliphatic rings. The highest BCUT2D eigenvalue weighted by atomic mass is 16.6. The van der Waals surface area contributed by atoms with Gasteiger partial charge in [-0.1, -0.05) is 32.9 Å². The van der Waals surface area contributed by atoms with Crippen LogP contribution in [0.2, 0.25) is 0 Å². The lowest BCUT2D eigenvalue weighted by atomic mass is 10.1. The van der Waals surface area contributed by atoms with E-state index in [9.17, 15) is 4.79 Å². The highest BCUT2D eigenvalue weighted by Crippen LogP contribution is 2.57. The van der Waals surface area contributed by atoms with E-state index in [2.05, 4.69) is 5.16 Å². The minimum Gasteiger partial charge on any atom is -0.481 e. The van der Waals surface area contributed by atoms with Crippen LogP contribution in [-0.2, 0) is 9.63 Å². The van der Waals surface area contributed by atoms with Crippen molar-refractivity contribution in [3.8, 4) is 0 Å². The van der Waals surface area contributed by atoms with Crippen LogP contribution in [-0.4, -0.2) is 23.9 Å². The predicted molar refractivity (Wildman–Crippen MR) is 57.7 cm³/mol. The number of hydrogen-bond donors (Lipinski definition) is 1. The molecule has 0 unspecified atom stereocenters. The molecule has 4 nitrogen and oxygen atoms in total. The van der Waals surface area contributed by atoms with Gasteiger partial charge in [0.25, 0.3) is 0 Å². The summed E-state index contributed by atoms with van der Waals surface area (Å²) < 4.78 is 0. The molecule has 0 saturated heterocycles. The molecule has 1 saturated carbocycles. The maximum atomic E-state index is 10.8. The van der Waals surface area contributed by atoms with Crippen LogP contribution in [0.25, 0.3) is 0 Å². The zero-order valence-corrected chi connectivity index (χ0v) is 9.73. The summed E-state index contributed by atoms with van der Waals surface area (Å²) in [7, 11) is 0. The van der Waals surface area contributed by atoms with Crippen molar-refractivity contribution in [1.29, 1.82) is 0 Å². The average molecular weight is 213 g/mol. The van der Waals surface area contributed by atoms with Crippen molar-refractivity contribution < 1.29 is 14.7 Å². The van der Waals surface area contributed by atoms with Crippen LogP contribution in [0.1, 0.15) is 27.7 Å². The Kier molecular flexibility index (Phi) is 3.37. The molecule has 0 aliphatic heterocycles. The first-order valence-electron chi connectivity index (χ1n) is 5.25. The summed E-state index contributed by atoms with van der Waals surface area (Å²) in [6.07, 6.45) is 1.63. The number of carbonyl (C=O) groups is 1. The second-order valence-electron chi connectivity index (χ2n) is 5.11. The van der Waals surface area contributed by atoms with E-state index >= 15 is 0 Å². The van der Waals surface area contributed by atoms with Gasteiger partial charge in [-0.25, -0.2) is 0 Å². The van der Waals surface area contributed by atoms with Crippen molar-refractivity contribution in [2.75, 3.05) is 6.61 Å². The molecule has 1 aliphatic carbocycles. The van der Waals surface area contributed by atoms with Gasteiger partial charge >= 0.3 is 5.97 Å². The van der Waals surface area contributed by atoms with E-state index in [1.54, 1.807) is 6.21 Å². The topological polar surface area (TPSA) is 58.9 Å². The molecule has 4 heteroatoms. The van der Waals surface area contributed by atoms with Crippen molar-refractivity contribution in [3.63, 3.8) is 0 Å². The third-order valence-electron chi connectivity index (χ3n) is 2.88. The van der Waals surface area contributed by atoms with Gasteiger partial charge in [-0.05, 0) is 11.3 Å². The Balaban J connectivity index is 2.38. The van der Waals surface area contributed by atoms with E-state index < -0.39 is 5.97 Å². The molecule has 0 heterocycles. The molecule has 0 aromatic rings. The fourth-order valence-corrected chi connectivity index (χ4v) is 1.73. The SMILES string of the molecule is CC(C)CON=C[C@@H]1[C@H](C(=O)O)C1(C)C. The van der Waals surface area contributed by atoms with Crippen molar-refractivity contribution in [3.05, 3.63) is 0 Å². The van der Waals surface area contributed by atoms with Crippen LogP contribution >= 0.6 is 0 Å². The first kappa shape index (κ1) is 12.0. The van der Waals surface area contributed by atoms with Crippen molar-refractivity contribution in [2.45, 2.75) is 27.7 Å². The normalized spacial score (nSPS) is 28.3. The van der Waals surface area contributed by atoms with Crippen LogP contribution in [0, 0.1) is 23.2 Å². The van der Waals surface area contributed by atoms with Gasteiger partial charge in [0.15, 0.2) is 0 Å². The lowest BCUT2D eigenvalue weighted by molar-refractivity contribution is -0.139. The van der Waals surface area contributed by atoms with Gasteiger partial charge in [-0.3, -0.25) is 4.79 Å². The van der Waals surface area contributed by atoms with Gasteiger partial charge in [-0.15, -0.1) is 0 Å². The lowest BCUT2D eigenvalue weighted by Gasteiger charge is -2.01. The number of aliphatic carboxylic acids is 1. The average Bonchev–Trinajstić information content (AvgIpc) is 2.62. The summed E-state index contributed by atoms with van der Waals surface area (Å²) in [4.78, 5) is 15.9. The van der Waals surface area contributed by atoms with Gasteiger partial charge in [0.1, 0.15) is 6.61 Å². The molecule has 1 N–H and O–H groups in total. The third kappa shape index (κ3) is 2.70. The minimum atomic E-state index is -0.750. The van der Waals surface area contributed by atoms with E-state index in [-0.39, 0.29) is 17.3 Å². The molecule has 1 rings (SSSR count). The first-order valence-corrected chi connectivity index (χ1v) is 5.25. The Morgan fingerprint density at radius 1 is 1.60 bits per heavy atom. The van der Waals surface area contributed by atoms with Crippen molar-refractivity contribution in [2.24, 2.45) is 28.3 Å². The lowest BCUT2D eigenvalue weighted by Crippen LogP contribution is -2.03. The zero-order valence-electron chi connectivity index (χ0n) is 9.73. The first-order chi connectivity index (χ1) is 6.87. The molecule has 2 atom stereocenters. The number of rotatable bonds is 5. The summed E-state index contributed by atoms with van der Waals surface area (Å²) in [6, 6.07) is 0. The van der Waals surface area contributed by atoms with Crippen molar-refractivity contribution >= 4 is 12.2 Å². The van der Waals surface area contributed by atoms with Crippen LogP contribution in [0.5, 0.6) is 0 Å². The summed E-state index contributed by atoms with van der Waals surface area (Å²) >= 11 is 0. The summed E-state index contributed by atoms with van der Waals surface area (Å²) in [5.41, 5.74) is -0.184. The van der Waals surface area contributed by atoms with Gasteiger partial charge in [0.2, 0.25) is 0 Å². The summed E-state index contributed by atoms with van der Waals surface area (Å²) in [5.74, 6) is -0.629. The van der Waals surface area contributed by atoms with Crippen LogP contribution in [0.3, 0.4) is 0 Å². The molecule has 0 radical (unpaired) electrons. The number of oxime groups is 1. The van der Waals surface area contributed by atoms with Gasteiger partial charge < -0.3 is 9.94 Å². The van der Waals surface area contributed by atoms with E-state index in [1.807, 2.05) is 27.7 Å². The van der Waals surface area contributed by atoms with Crippen molar-refractivity contribution in [1.82, 2.24) is 0 Å². The smallest absolute Gasteiger partial charge is 0.307 e. The molecule has 0 bridgehead atoms. The maximum Gasteiger partial charge on any atom is 0.307 e. The Morgan fingerprint density at radius 2 is 2.20 bits per heavy atom. The Labute approximate surface area is 90.3 Å². The molecule has 0 spiro atoms. The zero-order chi connectivity index (χ0) is 11.6. The molecule has 0 aromatic carbocycles. The standard InChI is InChI=1S/C11H19NO3/c1-7(2)6-15-12-5-8-9(10(13)14)11(8,3)4/h5,7-9H,6H2,1-4H3,(H,13,14)/t8-,9-/m1/s1. The third-order valence-corrected chi connectivity index (χ3v) is 2.88. The van der Waals surface area contributed by atoms with E-state index in [1.165, 1.54) is 0 Å². The molecule has 1 fully saturated rings. The Hall–Kier alpha value is -1.06. The Bertz CT molecular complexity index is 271. The molecule has 0 aromatic heterocycles. The number of carboxylic acid groups (broad SMARTS) is 1. The van der Waals surface area contributed by atoms with Gasteiger partial charge in [-0.2, -0.15) is 0 Å². The maximum absolute atomic E-state index is 10.8. The van der Waals surface area contributed by atoms with Gasteiger partial charge in [0, 0.05) is 12.1 Å². The van der Waals surface area contributed by atoms with Crippen LogP contribution in [0.15, 0.2) is 5.16 Å². The van der Waals surface area contributed by atoms with E-state index in [4.69, 9.17) is 9.94 Å². The molecule has 0 amide bonds. The largest absolute Gasteiger partial charge is 0.481 e. The second-order valence-corrected chi connectivity index (χ2v) is 5.11. The van der Waals surface area contributed by atoms with Crippen LogP contribution < -0.4 is 0 Å². The molecular formula is C11H19NO3. The molecule has 86 valence electrons. The number of hydrogen-bond acceptors (Lipinski definition) is 3. The Morgan fingerprint density at radius 3 is 2.60 bits per heavy atom. The highest BCUT2D eigenvalue weighted by molar-refractivity contribution is 5.84. The molecule has 15 heavy (non-hydrogen) atoms. The monoisotopic (exact) mass is 213 g/mol. The fraction of sp³-hybridized carbons (Fsp3) is 0.818. The van der Waals surface area contributed by atoms with Crippen LogP contribution in [0.4, 0.5) is 0 Å². The van der Waals surface area contributed by atoms with E-state index in [0.29, 0.717) is 12.5 Å². The highest BCUT2D eigenvalue weighted by Gasteiger charge is 2.61.